The van der Waals surface area contributed by atoms with Crippen LogP contribution in [0.4, 0.5) is 22.0 Å². The Balaban J connectivity index is 0.948. The molecule has 260 valence electrons. The number of carbonyl (C=O) groups is 5. The number of hydrogen-bond donors (Lipinski definition) is 4. The summed E-state index contributed by atoms with van der Waals surface area (Å²) in [5, 5.41) is 14.5. The van der Waals surface area contributed by atoms with Crippen LogP contribution in [0.15, 0.2) is 77.6 Å². The van der Waals surface area contributed by atoms with Crippen LogP contribution in [0.5, 0.6) is 5.75 Å². The van der Waals surface area contributed by atoms with Crippen molar-refractivity contribution in [1.82, 2.24) is 24.9 Å². The van der Waals surface area contributed by atoms with Crippen LogP contribution >= 0.6 is 0 Å². The summed E-state index contributed by atoms with van der Waals surface area (Å²) < 4.78 is 13.0. The normalized spacial score (nSPS) is 15.8. The Labute approximate surface area is 291 Å². The third kappa shape index (κ3) is 6.86. The molecule has 0 spiro atoms. The summed E-state index contributed by atoms with van der Waals surface area (Å²) in [6.45, 7) is 5.81. The standard InChI is InChI=1S/C36H34N8O7/c1-36(2,3)29-16-30(42-51-29)40-35(49)38-20-7-9-21(10-8-20)44-19-37-26-15-22(11-12-27(26)44)50-18-32(46)39-25-6-4-5-23-24(25)17-43(34(23)48)28-13-14-31(45)41-33(28)47/h4-12,15-16,19,28H,13-14,17-18H2,1-3H3,(H,39,46)(H,41,45,47)(H2,38,40,42,49). The van der Waals surface area contributed by atoms with Crippen LogP contribution in [-0.4, -0.2) is 61.9 Å². The number of urea groups is 1. The second-order valence-corrected chi connectivity index (χ2v) is 13.3. The molecule has 0 bridgehead atoms. The molecule has 5 aromatic rings. The van der Waals surface area contributed by atoms with Crippen LogP contribution in [0.1, 0.15) is 55.3 Å². The number of imide groups is 1. The number of piperidine rings is 1. The lowest BCUT2D eigenvalue weighted by Crippen LogP contribution is -2.52. The van der Waals surface area contributed by atoms with Crippen molar-refractivity contribution < 1.29 is 33.2 Å². The van der Waals surface area contributed by atoms with Crippen molar-refractivity contribution in [3.63, 3.8) is 0 Å². The number of nitrogens with one attached hydrogen (secondary N) is 4. The average molecular weight is 691 g/mol. The molecule has 4 N–H and O–H groups in total. The van der Waals surface area contributed by atoms with E-state index < -0.39 is 23.9 Å². The van der Waals surface area contributed by atoms with E-state index in [0.29, 0.717) is 45.3 Å². The second-order valence-electron chi connectivity index (χ2n) is 13.3. The van der Waals surface area contributed by atoms with E-state index in [9.17, 15) is 24.0 Å². The number of rotatable bonds is 8. The first-order valence-corrected chi connectivity index (χ1v) is 16.2. The Hall–Kier alpha value is -6.51. The first kappa shape index (κ1) is 33.0. The molecule has 1 atom stereocenters. The summed E-state index contributed by atoms with van der Waals surface area (Å²) in [5.41, 5.74) is 4.05. The van der Waals surface area contributed by atoms with E-state index in [0.717, 1.165) is 11.2 Å². The summed E-state index contributed by atoms with van der Waals surface area (Å²) in [7, 11) is 0. The van der Waals surface area contributed by atoms with Crippen molar-refractivity contribution in [3.05, 3.63) is 89.9 Å². The number of carbonyl (C=O) groups excluding carboxylic acids is 5. The predicted octanol–water partition coefficient (Wildman–Crippen LogP) is 4.73. The zero-order valence-electron chi connectivity index (χ0n) is 28.0. The van der Waals surface area contributed by atoms with E-state index >= 15 is 0 Å². The lowest BCUT2D eigenvalue weighted by molar-refractivity contribution is -0.137. The highest BCUT2D eigenvalue weighted by molar-refractivity contribution is 6.07. The van der Waals surface area contributed by atoms with Crippen molar-refractivity contribution in [2.45, 2.75) is 51.6 Å². The molecule has 2 aliphatic heterocycles. The highest BCUT2D eigenvalue weighted by Gasteiger charge is 2.40. The van der Waals surface area contributed by atoms with Gasteiger partial charge < -0.3 is 24.8 Å². The summed E-state index contributed by atoms with van der Waals surface area (Å²) in [4.78, 5) is 68.4. The van der Waals surface area contributed by atoms with Gasteiger partial charge in [-0.1, -0.05) is 32.0 Å². The van der Waals surface area contributed by atoms with Gasteiger partial charge in [0, 0.05) is 58.7 Å². The smallest absolute Gasteiger partial charge is 0.324 e. The van der Waals surface area contributed by atoms with Crippen LogP contribution in [0.2, 0.25) is 0 Å². The summed E-state index contributed by atoms with van der Waals surface area (Å²) >= 11 is 0. The first-order valence-electron chi connectivity index (χ1n) is 16.2. The SMILES string of the molecule is CC(C)(C)c1cc(NC(=O)Nc2ccc(-n3cnc4cc(OCC(=O)Nc5cccc6c5CN(C5CCC(=O)NC5=O)C6=O)ccc43)cc2)no1. The number of anilines is 3. The zero-order chi connectivity index (χ0) is 35.9. The van der Waals surface area contributed by atoms with Gasteiger partial charge in [-0.15, -0.1) is 0 Å². The lowest BCUT2D eigenvalue weighted by Gasteiger charge is -2.29. The topological polar surface area (TPSA) is 190 Å². The van der Waals surface area contributed by atoms with E-state index in [4.69, 9.17) is 9.26 Å². The number of nitrogens with zero attached hydrogens (tertiary/aromatic N) is 4. The predicted molar refractivity (Wildman–Crippen MR) is 186 cm³/mol. The average Bonchev–Trinajstić information content (AvgIpc) is 3.82. The fourth-order valence-electron chi connectivity index (χ4n) is 6.00. The van der Waals surface area contributed by atoms with Gasteiger partial charge in [-0.25, -0.2) is 9.78 Å². The molecule has 7 rings (SSSR count). The minimum atomic E-state index is -0.753. The third-order valence-electron chi connectivity index (χ3n) is 8.64. The molecule has 15 nitrogen and oxygen atoms in total. The number of imidazole rings is 1. The molecule has 1 fully saturated rings. The molecule has 51 heavy (non-hydrogen) atoms. The fourth-order valence-corrected chi connectivity index (χ4v) is 6.00. The van der Waals surface area contributed by atoms with Gasteiger partial charge in [-0.2, -0.15) is 0 Å². The van der Waals surface area contributed by atoms with Crippen molar-refractivity contribution in [2.75, 3.05) is 22.6 Å². The van der Waals surface area contributed by atoms with Crippen LogP contribution < -0.4 is 26.0 Å². The number of aromatic nitrogens is 3. The minimum absolute atomic E-state index is 0.133. The molecule has 3 aromatic carbocycles. The van der Waals surface area contributed by atoms with Crippen LogP contribution in [-0.2, 0) is 26.3 Å². The molecule has 1 saturated heterocycles. The van der Waals surface area contributed by atoms with Crippen molar-refractivity contribution >= 4 is 57.9 Å². The van der Waals surface area contributed by atoms with E-state index in [2.05, 4.69) is 31.4 Å². The molecule has 0 saturated carbocycles. The second kappa shape index (κ2) is 13.1. The molecule has 6 amide bonds. The van der Waals surface area contributed by atoms with Crippen molar-refractivity contribution in [1.29, 1.82) is 0 Å². The van der Waals surface area contributed by atoms with Crippen molar-refractivity contribution in [2.24, 2.45) is 0 Å². The Kier molecular flexibility index (Phi) is 8.46. The summed E-state index contributed by atoms with van der Waals surface area (Å²) in [6.07, 6.45) is 2.07. The minimum Gasteiger partial charge on any atom is -0.484 e. The van der Waals surface area contributed by atoms with Crippen LogP contribution in [0.25, 0.3) is 16.7 Å². The quantitative estimate of drug-likeness (QED) is 0.167. The zero-order valence-corrected chi connectivity index (χ0v) is 28.0. The largest absolute Gasteiger partial charge is 0.484 e. The molecule has 0 aliphatic carbocycles. The van der Waals surface area contributed by atoms with E-state index in [-0.39, 0.29) is 43.2 Å². The maximum absolute atomic E-state index is 13.1. The van der Waals surface area contributed by atoms with Gasteiger partial charge in [0.15, 0.2) is 12.4 Å². The Morgan fingerprint density at radius 2 is 1.80 bits per heavy atom. The van der Waals surface area contributed by atoms with Gasteiger partial charge >= 0.3 is 6.03 Å². The monoisotopic (exact) mass is 690 g/mol. The van der Waals surface area contributed by atoms with Crippen molar-refractivity contribution in [3.8, 4) is 11.4 Å². The molecular formula is C36H34N8O7. The number of amides is 6. The van der Waals surface area contributed by atoms with Gasteiger partial charge in [0.2, 0.25) is 11.8 Å². The van der Waals surface area contributed by atoms with Gasteiger partial charge in [0.1, 0.15) is 23.9 Å². The molecular weight excluding hydrogens is 656 g/mol. The fraction of sp³-hybridized carbons (Fsp3) is 0.250. The molecule has 15 heteroatoms. The van der Waals surface area contributed by atoms with Gasteiger partial charge in [0.05, 0.1) is 11.0 Å². The first-order chi connectivity index (χ1) is 24.4. The summed E-state index contributed by atoms with van der Waals surface area (Å²) in [5.74, 6) is -0.198. The highest BCUT2D eigenvalue weighted by atomic mass is 16.5. The summed E-state index contributed by atoms with van der Waals surface area (Å²) in [6, 6.07) is 18.0. The van der Waals surface area contributed by atoms with E-state index in [1.54, 1.807) is 54.9 Å². The number of ether oxygens (including phenoxy) is 1. The Morgan fingerprint density at radius 3 is 2.55 bits per heavy atom. The van der Waals surface area contributed by atoms with Gasteiger partial charge in [0.25, 0.3) is 11.8 Å². The molecule has 2 aliphatic rings. The third-order valence-corrected chi connectivity index (χ3v) is 8.64. The molecule has 2 aromatic heterocycles. The van der Waals surface area contributed by atoms with Gasteiger partial charge in [-0.05, 0) is 55.0 Å². The number of fused-ring (bicyclic) bond motifs is 2. The number of benzene rings is 3. The highest BCUT2D eigenvalue weighted by Crippen LogP contribution is 2.32. The van der Waals surface area contributed by atoms with Crippen LogP contribution in [0.3, 0.4) is 0 Å². The number of hydrogen-bond acceptors (Lipinski definition) is 9. The van der Waals surface area contributed by atoms with Gasteiger partial charge in [-0.3, -0.25) is 34.4 Å². The molecule has 1 unspecified atom stereocenters. The van der Waals surface area contributed by atoms with E-state index in [1.165, 1.54) is 4.90 Å². The maximum atomic E-state index is 13.1. The van der Waals surface area contributed by atoms with Crippen LogP contribution in [0, 0.1) is 0 Å². The molecule has 0 radical (unpaired) electrons. The molecule has 4 heterocycles. The Bertz CT molecular complexity index is 2200. The Morgan fingerprint density at radius 1 is 1.00 bits per heavy atom. The maximum Gasteiger partial charge on any atom is 0.324 e. The lowest BCUT2D eigenvalue weighted by atomic mass is 9.93. The van der Waals surface area contributed by atoms with E-state index in [1.807, 2.05) is 43.5 Å².